The summed E-state index contributed by atoms with van der Waals surface area (Å²) < 4.78 is 5.73. The highest BCUT2D eigenvalue weighted by Crippen LogP contribution is 2.19. The highest BCUT2D eigenvalue weighted by molar-refractivity contribution is 5.91. The standard InChI is InChI=1S/C14H22N4O2/c1-10-8-18-13(9-17-10)14(19)16-6-7-20-12-4-2-11(15)3-5-12/h8-9,11-12H,2-7,15H2,1H3,(H,16,19). The average Bonchev–Trinajstić information content (AvgIpc) is 2.46. The number of carbonyl (C=O) groups excluding carboxylic acids is 1. The second-order valence-electron chi connectivity index (χ2n) is 5.21. The van der Waals surface area contributed by atoms with Crippen LogP contribution in [0.4, 0.5) is 0 Å². The molecule has 20 heavy (non-hydrogen) atoms. The molecule has 1 aliphatic rings. The zero-order valence-corrected chi connectivity index (χ0v) is 11.8. The summed E-state index contributed by atoms with van der Waals surface area (Å²) in [5.74, 6) is -0.216. The van der Waals surface area contributed by atoms with E-state index in [4.69, 9.17) is 10.5 Å². The normalized spacial score (nSPS) is 22.5. The molecule has 0 saturated heterocycles. The van der Waals surface area contributed by atoms with E-state index in [1.54, 1.807) is 6.20 Å². The van der Waals surface area contributed by atoms with Gasteiger partial charge < -0.3 is 15.8 Å². The molecule has 2 rings (SSSR count). The number of aromatic nitrogens is 2. The van der Waals surface area contributed by atoms with Crippen LogP contribution < -0.4 is 11.1 Å². The molecule has 3 N–H and O–H groups in total. The van der Waals surface area contributed by atoms with Crippen molar-refractivity contribution in [3.8, 4) is 0 Å². The van der Waals surface area contributed by atoms with E-state index in [0.717, 1.165) is 31.4 Å². The summed E-state index contributed by atoms with van der Waals surface area (Å²) in [4.78, 5) is 19.8. The third-order valence-electron chi connectivity index (χ3n) is 3.47. The van der Waals surface area contributed by atoms with E-state index in [-0.39, 0.29) is 12.0 Å². The van der Waals surface area contributed by atoms with Crippen LogP contribution in [0.3, 0.4) is 0 Å². The molecule has 1 heterocycles. The van der Waals surface area contributed by atoms with Crippen molar-refractivity contribution < 1.29 is 9.53 Å². The number of hydrogen-bond acceptors (Lipinski definition) is 5. The van der Waals surface area contributed by atoms with Crippen LogP contribution in [0.25, 0.3) is 0 Å². The van der Waals surface area contributed by atoms with Gasteiger partial charge in [-0.25, -0.2) is 4.98 Å². The lowest BCUT2D eigenvalue weighted by atomic mass is 9.94. The van der Waals surface area contributed by atoms with E-state index < -0.39 is 0 Å². The first kappa shape index (κ1) is 14.9. The van der Waals surface area contributed by atoms with Crippen molar-refractivity contribution in [3.63, 3.8) is 0 Å². The minimum Gasteiger partial charge on any atom is -0.376 e. The highest BCUT2D eigenvalue weighted by Gasteiger charge is 2.18. The average molecular weight is 278 g/mol. The van der Waals surface area contributed by atoms with Gasteiger partial charge in [-0.3, -0.25) is 9.78 Å². The van der Waals surface area contributed by atoms with Gasteiger partial charge in [-0.2, -0.15) is 0 Å². The number of carbonyl (C=O) groups is 1. The van der Waals surface area contributed by atoms with E-state index in [2.05, 4.69) is 15.3 Å². The summed E-state index contributed by atoms with van der Waals surface area (Å²) in [7, 11) is 0. The first-order valence-electron chi connectivity index (χ1n) is 7.09. The Balaban J connectivity index is 1.63. The molecule has 0 radical (unpaired) electrons. The first-order chi connectivity index (χ1) is 9.65. The van der Waals surface area contributed by atoms with Crippen molar-refractivity contribution in [3.05, 3.63) is 23.8 Å². The van der Waals surface area contributed by atoms with Crippen molar-refractivity contribution >= 4 is 5.91 Å². The summed E-state index contributed by atoms with van der Waals surface area (Å²) in [6, 6.07) is 0.328. The fourth-order valence-electron chi connectivity index (χ4n) is 2.25. The van der Waals surface area contributed by atoms with Gasteiger partial charge in [-0.05, 0) is 32.6 Å². The Morgan fingerprint density at radius 3 is 2.75 bits per heavy atom. The minimum atomic E-state index is -0.216. The number of nitrogens with one attached hydrogen (secondary N) is 1. The Kier molecular flexibility index (Phi) is 5.43. The molecule has 0 spiro atoms. The summed E-state index contributed by atoms with van der Waals surface area (Å²) in [6.45, 7) is 2.83. The second-order valence-corrected chi connectivity index (χ2v) is 5.21. The van der Waals surface area contributed by atoms with Gasteiger partial charge in [0, 0.05) is 18.8 Å². The van der Waals surface area contributed by atoms with E-state index in [1.807, 2.05) is 6.92 Å². The van der Waals surface area contributed by atoms with Gasteiger partial charge in [-0.1, -0.05) is 0 Å². The third-order valence-corrected chi connectivity index (χ3v) is 3.47. The van der Waals surface area contributed by atoms with Crippen LogP contribution in [0.5, 0.6) is 0 Å². The SMILES string of the molecule is Cc1cnc(C(=O)NCCOC2CCC(N)CC2)cn1. The van der Waals surface area contributed by atoms with Crippen LogP contribution in [-0.4, -0.2) is 41.2 Å². The number of ether oxygens (including phenoxy) is 1. The molecule has 1 aromatic rings. The lowest BCUT2D eigenvalue weighted by molar-refractivity contribution is 0.0267. The third kappa shape index (κ3) is 4.54. The molecule has 0 bridgehead atoms. The van der Waals surface area contributed by atoms with Gasteiger partial charge in [-0.15, -0.1) is 0 Å². The Morgan fingerprint density at radius 2 is 2.10 bits per heavy atom. The van der Waals surface area contributed by atoms with Crippen LogP contribution in [0.1, 0.15) is 41.9 Å². The van der Waals surface area contributed by atoms with Crippen LogP contribution >= 0.6 is 0 Å². The molecule has 1 aliphatic carbocycles. The number of amides is 1. The van der Waals surface area contributed by atoms with Gasteiger partial charge in [0.2, 0.25) is 0 Å². The van der Waals surface area contributed by atoms with Crippen molar-refractivity contribution in [1.29, 1.82) is 0 Å². The quantitative estimate of drug-likeness (QED) is 0.778. The number of nitrogens with two attached hydrogens (primary N) is 1. The van der Waals surface area contributed by atoms with Gasteiger partial charge in [0.15, 0.2) is 0 Å². The van der Waals surface area contributed by atoms with Crippen LogP contribution in [0.2, 0.25) is 0 Å². The zero-order chi connectivity index (χ0) is 14.4. The Morgan fingerprint density at radius 1 is 1.35 bits per heavy atom. The molecular weight excluding hydrogens is 256 g/mol. The highest BCUT2D eigenvalue weighted by atomic mass is 16.5. The molecular formula is C14H22N4O2. The van der Waals surface area contributed by atoms with Crippen molar-refractivity contribution in [2.45, 2.75) is 44.8 Å². The molecule has 0 aromatic carbocycles. The first-order valence-corrected chi connectivity index (χ1v) is 7.09. The summed E-state index contributed by atoms with van der Waals surface area (Å²) in [6.07, 6.45) is 7.42. The number of rotatable bonds is 5. The van der Waals surface area contributed by atoms with Gasteiger partial charge in [0.25, 0.3) is 5.91 Å². The second kappa shape index (κ2) is 7.31. The minimum absolute atomic E-state index is 0.216. The molecule has 1 saturated carbocycles. The molecule has 1 aromatic heterocycles. The van der Waals surface area contributed by atoms with Crippen LogP contribution in [0.15, 0.2) is 12.4 Å². The zero-order valence-electron chi connectivity index (χ0n) is 11.8. The van der Waals surface area contributed by atoms with Crippen molar-refractivity contribution in [1.82, 2.24) is 15.3 Å². The molecule has 0 unspecified atom stereocenters. The Bertz CT molecular complexity index is 427. The molecule has 110 valence electrons. The fraction of sp³-hybridized carbons (Fsp3) is 0.643. The predicted octanol–water partition coefficient (Wildman–Crippen LogP) is 0.801. The molecule has 1 amide bonds. The summed E-state index contributed by atoms with van der Waals surface area (Å²) in [5, 5.41) is 2.78. The Hall–Kier alpha value is -1.53. The van der Waals surface area contributed by atoms with Gasteiger partial charge >= 0.3 is 0 Å². The van der Waals surface area contributed by atoms with Crippen LogP contribution in [-0.2, 0) is 4.74 Å². The molecule has 6 nitrogen and oxygen atoms in total. The molecule has 6 heteroatoms. The largest absolute Gasteiger partial charge is 0.376 e. The smallest absolute Gasteiger partial charge is 0.271 e. The lowest BCUT2D eigenvalue weighted by Crippen LogP contribution is -2.33. The Labute approximate surface area is 119 Å². The monoisotopic (exact) mass is 278 g/mol. The van der Waals surface area contributed by atoms with Crippen molar-refractivity contribution in [2.24, 2.45) is 5.73 Å². The van der Waals surface area contributed by atoms with E-state index in [0.29, 0.717) is 24.9 Å². The van der Waals surface area contributed by atoms with Gasteiger partial charge in [0.05, 0.1) is 24.6 Å². The maximum absolute atomic E-state index is 11.8. The maximum Gasteiger partial charge on any atom is 0.271 e. The van der Waals surface area contributed by atoms with Gasteiger partial charge in [0.1, 0.15) is 5.69 Å². The topological polar surface area (TPSA) is 90.1 Å². The van der Waals surface area contributed by atoms with Crippen molar-refractivity contribution in [2.75, 3.05) is 13.2 Å². The number of hydrogen-bond donors (Lipinski definition) is 2. The van der Waals surface area contributed by atoms with E-state index >= 15 is 0 Å². The molecule has 0 aliphatic heterocycles. The van der Waals surface area contributed by atoms with E-state index in [9.17, 15) is 4.79 Å². The van der Waals surface area contributed by atoms with Crippen LogP contribution in [0, 0.1) is 6.92 Å². The summed E-state index contributed by atoms with van der Waals surface area (Å²) >= 11 is 0. The number of aryl methyl sites for hydroxylation is 1. The molecule has 0 atom stereocenters. The fourth-order valence-corrected chi connectivity index (χ4v) is 2.25. The lowest BCUT2D eigenvalue weighted by Gasteiger charge is -2.26. The predicted molar refractivity (Wildman–Crippen MR) is 75.3 cm³/mol. The summed E-state index contributed by atoms with van der Waals surface area (Å²) in [5.41, 5.74) is 6.97. The van der Waals surface area contributed by atoms with E-state index in [1.165, 1.54) is 6.20 Å². The molecule has 1 fully saturated rings. The maximum atomic E-state index is 11.8. The number of nitrogens with zero attached hydrogens (tertiary/aromatic N) is 2.